The van der Waals surface area contributed by atoms with Gasteiger partial charge in [-0.3, -0.25) is 9.78 Å². The number of carbonyl (C=O) groups excluding carboxylic acids is 2. The zero-order valence-corrected chi connectivity index (χ0v) is 13.2. The van der Waals surface area contributed by atoms with E-state index >= 15 is 0 Å². The average molecular weight is 352 g/mol. The Morgan fingerprint density at radius 3 is 2.36 bits per heavy atom. The fraction of sp³-hybridized carbons (Fsp3) is 0.235. The highest BCUT2D eigenvalue weighted by atomic mass is 19.4. The molecular formula is C17H15F3N2O3. The lowest BCUT2D eigenvalue weighted by molar-refractivity contribution is -0.143. The minimum atomic E-state index is -4.44. The van der Waals surface area contributed by atoms with E-state index in [-0.39, 0.29) is 12.1 Å². The van der Waals surface area contributed by atoms with Gasteiger partial charge >= 0.3 is 12.1 Å². The van der Waals surface area contributed by atoms with Crippen molar-refractivity contribution in [3.05, 3.63) is 65.5 Å². The number of hydrogen-bond donors (Lipinski definition) is 1. The first kappa shape index (κ1) is 18.4. The first-order chi connectivity index (χ1) is 11.8. The van der Waals surface area contributed by atoms with Crippen molar-refractivity contribution in [1.82, 2.24) is 10.3 Å². The highest BCUT2D eigenvalue weighted by Gasteiger charge is 2.30. The number of halogens is 3. The minimum Gasteiger partial charge on any atom is -0.467 e. The van der Waals surface area contributed by atoms with Crippen LogP contribution in [0.5, 0.6) is 0 Å². The number of pyridine rings is 1. The van der Waals surface area contributed by atoms with Gasteiger partial charge in [-0.1, -0.05) is 18.2 Å². The molecule has 0 bridgehead atoms. The van der Waals surface area contributed by atoms with Gasteiger partial charge in [-0.2, -0.15) is 13.2 Å². The Kier molecular flexibility index (Phi) is 5.74. The molecule has 1 N–H and O–H groups in total. The highest BCUT2D eigenvalue weighted by Crippen LogP contribution is 2.29. The summed E-state index contributed by atoms with van der Waals surface area (Å²) in [4.78, 5) is 27.9. The number of rotatable bonds is 5. The molecule has 0 spiro atoms. The smallest absolute Gasteiger partial charge is 0.416 e. The number of alkyl halides is 3. The number of aromatic nitrogens is 1. The van der Waals surface area contributed by atoms with Gasteiger partial charge in [0.15, 0.2) is 0 Å². The summed E-state index contributed by atoms with van der Waals surface area (Å²) in [5.74, 6) is -1.29. The fourth-order valence-electron chi connectivity index (χ4n) is 2.13. The number of hydrogen-bond acceptors (Lipinski definition) is 4. The minimum absolute atomic E-state index is 0.0105. The maximum Gasteiger partial charge on any atom is 0.416 e. The Bertz CT molecular complexity index is 731. The number of esters is 1. The monoisotopic (exact) mass is 352 g/mol. The molecule has 1 amide bonds. The van der Waals surface area contributed by atoms with Crippen LogP contribution in [-0.2, 0) is 22.1 Å². The van der Waals surface area contributed by atoms with Gasteiger partial charge in [0.1, 0.15) is 11.7 Å². The lowest BCUT2D eigenvalue weighted by Crippen LogP contribution is -2.43. The maximum atomic E-state index is 12.6. The highest BCUT2D eigenvalue weighted by molar-refractivity contribution is 5.95. The van der Waals surface area contributed by atoms with Crippen LogP contribution < -0.4 is 5.32 Å². The number of carbonyl (C=O) groups is 2. The third kappa shape index (κ3) is 5.03. The molecule has 2 aromatic rings. The number of amides is 1. The van der Waals surface area contributed by atoms with E-state index in [0.29, 0.717) is 5.56 Å². The predicted molar refractivity (Wildman–Crippen MR) is 82.7 cm³/mol. The first-order valence-corrected chi connectivity index (χ1v) is 7.27. The molecule has 0 saturated carbocycles. The second-order valence-corrected chi connectivity index (χ2v) is 5.16. The lowest BCUT2D eigenvalue weighted by Gasteiger charge is -2.17. The van der Waals surface area contributed by atoms with Gasteiger partial charge in [-0.25, -0.2) is 4.79 Å². The van der Waals surface area contributed by atoms with Gasteiger partial charge in [0, 0.05) is 12.6 Å². The van der Waals surface area contributed by atoms with E-state index in [1.807, 2.05) is 0 Å². The molecule has 2 rings (SSSR count). The molecule has 1 aromatic carbocycles. The van der Waals surface area contributed by atoms with Crippen molar-refractivity contribution in [3.8, 4) is 0 Å². The normalized spacial score (nSPS) is 12.3. The van der Waals surface area contributed by atoms with Crippen molar-refractivity contribution in [2.24, 2.45) is 0 Å². The second-order valence-electron chi connectivity index (χ2n) is 5.16. The van der Waals surface area contributed by atoms with Crippen LogP contribution in [0.2, 0.25) is 0 Å². The zero-order chi connectivity index (χ0) is 18.4. The Morgan fingerprint density at radius 2 is 1.84 bits per heavy atom. The SMILES string of the molecule is COC(=O)[C@@H](Cc1ccc(C(F)(F)F)cc1)NC(=O)c1ccccn1. The van der Waals surface area contributed by atoms with Gasteiger partial charge in [0.05, 0.1) is 12.7 Å². The van der Waals surface area contributed by atoms with Gasteiger partial charge < -0.3 is 10.1 Å². The van der Waals surface area contributed by atoms with Crippen LogP contribution >= 0.6 is 0 Å². The third-order valence-electron chi connectivity index (χ3n) is 3.41. The topological polar surface area (TPSA) is 68.3 Å². The number of nitrogens with one attached hydrogen (secondary N) is 1. The van der Waals surface area contributed by atoms with Crippen LogP contribution in [0, 0.1) is 0 Å². The Labute approximate surface area is 141 Å². The lowest BCUT2D eigenvalue weighted by atomic mass is 10.0. The summed E-state index contributed by atoms with van der Waals surface area (Å²) in [6, 6.07) is 8.03. The summed E-state index contributed by atoms with van der Waals surface area (Å²) >= 11 is 0. The van der Waals surface area contributed by atoms with E-state index in [1.54, 1.807) is 12.1 Å². The molecule has 0 saturated heterocycles. The molecule has 5 nitrogen and oxygen atoms in total. The Hall–Kier alpha value is -2.90. The van der Waals surface area contributed by atoms with E-state index in [2.05, 4.69) is 15.0 Å². The number of nitrogens with zero attached hydrogens (tertiary/aromatic N) is 1. The van der Waals surface area contributed by atoms with E-state index in [9.17, 15) is 22.8 Å². The predicted octanol–water partition coefficient (Wildman–Crippen LogP) is 2.61. The molecule has 0 aliphatic carbocycles. The Morgan fingerprint density at radius 1 is 1.16 bits per heavy atom. The van der Waals surface area contributed by atoms with Crippen LogP contribution in [0.4, 0.5) is 13.2 Å². The molecule has 8 heteroatoms. The van der Waals surface area contributed by atoms with Gasteiger partial charge in [0.2, 0.25) is 0 Å². The summed E-state index contributed by atoms with van der Waals surface area (Å²) in [7, 11) is 1.16. The zero-order valence-electron chi connectivity index (χ0n) is 13.2. The van der Waals surface area contributed by atoms with Crippen molar-refractivity contribution in [2.75, 3.05) is 7.11 Å². The van der Waals surface area contributed by atoms with Gasteiger partial charge in [-0.05, 0) is 29.8 Å². The molecular weight excluding hydrogens is 337 g/mol. The molecule has 0 unspecified atom stereocenters. The summed E-state index contributed by atoms with van der Waals surface area (Å²) in [6.07, 6.45) is -3.02. The first-order valence-electron chi connectivity index (χ1n) is 7.27. The van der Waals surface area contributed by atoms with E-state index < -0.39 is 29.7 Å². The molecule has 1 atom stereocenters. The standard InChI is InChI=1S/C17H15F3N2O3/c1-25-16(24)14(22-15(23)13-4-2-3-9-21-13)10-11-5-7-12(8-6-11)17(18,19)20/h2-9,14H,10H2,1H3,(H,22,23)/t14-/m1/s1. The summed E-state index contributed by atoms with van der Waals surface area (Å²) < 4.78 is 42.4. The van der Waals surface area contributed by atoms with Crippen molar-refractivity contribution >= 4 is 11.9 Å². The summed E-state index contributed by atoms with van der Waals surface area (Å²) in [5, 5.41) is 2.48. The van der Waals surface area contributed by atoms with Crippen molar-refractivity contribution in [2.45, 2.75) is 18.6 Å². The van der Waals surface area contributed by atoms with Crippen molar-refractivity contribution < 1.29 is 27.5 Å². The molecule has 132 valence electrons. The van der Waals surface area contributed by atoms with E-state index in [1.165, 1.54) is 24.4 Å². The molecule has 0 aliphatic heterocycles. The number of ether oxygens (including phenoxy) is 1. The summed E-state index contributed by atoms with van der Waals surface area (Å²) in [6.45, 7) is 0. The third-order valence-corrected chi connectivity index (χ3v) is 3.41. The molecule has 25 heavy (non-hydrogen) atoms. The van der Waals surface area contributed by atoms with Gasteiger partial charge in [0.25, 0.3) is 5.91 Å². The largest absolute Gasteiger partial charge is 0.467 e. The van der Waals surface area contributed by atoms with Crippen molar-refractivity contribution in [3.63, 3.8) is 0 Å². The molecule has 0 radical (unpaired) electrons. The van der Waals surface area contributed by atoms with E-state index in [4.69, 9.17) is 0 Å². The molecule has 0 fully saturated rings. The number of methoxy groups -OCH3 is 1. The van der Waals surface area contributed by atoms with E-state index in [0.717, 1.165) is 19.2 Å². The van der Waals surface area contributed by atoms with Gasteiger partial charge in [-0.15, -0.1) is 0 Å². The molecule has 0 aliphatic rings. The quantitative estimate of drug-likeness (QED) is 0.840. The fourth-order valence-corrected chi connectivity index (χ4v) is 2.13. The summed E-state index contributed by atoms with van der Waals surface area (Å²) in [5.41, 5.74) is -0.225. The second kappa shape index (κ2) is 7.78. The van der Waals surface area contributed by atoms with Crippen LogP contribution in [0.3, 0.4) is 0 Å². The van der Waals surface area contributed by atoms with Crippen LogP contribution in [0.15, 0.2) is 48.7 Å². The van der Waals surface area contributed by atoms with Crippen LogP contribution in [0.25, 0.3) is 0 Å². The van der Waals surface area contributed by atoms with Crippen LogP contribution in [-0.4, -0.2) is 30.0 Å². The van der Waals surface area contributed by atoms with Crippen molar-refractivity contribution in [1.29, 1.82) is 0 Å². The molecule has 1 heterocycles. The number of benzene rings is 1. The van der Waals surface area contributed by atoms with Crippen LogP contribution in [0.1, 0.15) is 21.6 Å². The Balaban J connectivity index is 2.13. The maximum absolute atomic E-state index is 12.6. The average Bonchev–Trinajstić information content (AvgIpc) is 2.60. The molecule has 1 aromatic heterocycles.